The normalized spacial score (nSPS) is 28.2. The van der Waals surface area contributed by atoms with Gasteiger partial charge in [-0.2, -0.15) is 0 Å². The summed E-state index contributed by atoms with van der Waals surface area (Å²) in [6.45, 7) is 2.51. The first-order valence-corrected chi connectivity index (χ1v) is 13.0. The van der Waals surface area contributed by atoms with Gasteiger partial charge in [0.15, 0.2) is 17.3 Å². The van der Waals surface area contributed by atoms with Gasteiger partial charge in [-0.15, -0.1) is 5.10 Å². The summed E-state index contributed by atoms with van der Waals surface area (Å²) in [5.74, 6) is 0.0401. The molecule has 8 nitrogen and oxygen atoms in total. The minimum absolute atomic E-state index is 0.0327. The third-order valence-corrected chi connectivity index (χ3v) is 8.28. The molecule has 1 aliphatic carbocycles. The quantitative estimate of drug-likeness (QED) is 0.632. The van der Waals surface area contributed by atoms with E-state index in [1.807, 2.05) is 0 Å². The van der Waals surface area contributed by atoms with E-state index in [0.29, 0.717) is 11.8 Å². The largest absolute Gasteiger partial charge is 0.381 e. The maximum absolute atomic E-state index is 13.7. The molecule has 1 amide bonds. The van der Waals surface area contributed by atoms with Crippen LogP contribution in [0, 0.1) is 17.7 Å². The van der Waals surface area contributed by atoms with Crippen LogP contribution in [0.2, 0.25) is 0 Å². The Morgan fingerprint density at radius 1 is 1.18 bits per heavy atom. The van der Waals surface area contributed by atoms with Gasteiger partial charge in [-0.3, -0.25) is 4.79 Å². The van der Waals surface area contributed by atoms with E-state index in [1.54, 1.807) is 0 Å². The number of nitrogen functional groups attached to an aromatic ring is 1. The van der Waals surface area contributed by atoms with Crippen LogP contribution < -0.4 is 16.4 Å². The lowest BCUT2D eigenvalue weighted by molar-refractivity contribution is 0.0535. The number of nitrogens with two attached hydrogens (primary N) is 1. The standard InChI is InChI=1S/C25H37FN6O2/c26-18-14-28-23-20(22(27)31-32(23)15-18)24(33)30-21-19(17-9-13-34-16-17)8-12-29-25(21)10-6-4-2-1-3-5-7-11-25/h14-15,17,19,21,29H,1-13,16H2,(H2,27,31)(H,30,33). The summed E-state index contributed by atoms with van der Waals surface area (Å²) >= 11 is 0. The fourth-order valence-corrected chi connectivity index (χ4v) is 6.56. The minimum Gasteiger partial charge on any atom is -0.381 e. The summed E-state index contributed by atoms with van der Waals surface area (Å²) in [5, 5.41) is 11.4. The van der Waals surface area contributed by atoms with E-state index < -0.39 is 5.82 Å². The number of fused-ring (bicyclic) bond motifs is 1. The Bertz CT molecular complexity index is 995. The SMILES string of the molecule is Nc1nn2cc(F)cnc2c1C(=O)NC1C(C2CCOC2)CCNC12CCCCCCCCC2. The van der Waals surface area contributed by atoms with Gasteiger partial charge in [-0.05, 0) is 44.1 Å². The van der Waals surface area contributed by atoms with Crippen molar-refractivity contribution < 1.29 is 13.9 Å². The molecule has 3 unspecified atom stereocenters. The molecule has 186 valence electrons. The van der Waals surface area contributed by atoms with Gasteiger partial charge in [0.25, 0.3) is 5.91 Å². The number of amides is 1. The zero-order valence-electron chi connectivity index (χ0n) is 19.9. The number of carbonyl (C=O) groups is 1. The van der Waals surface area contributed by atoms with Crippen LogP contribution in [-0.4, -0.2) is 51.8 Å². The fraction of sp³-hybridized carbons (Fsp3) is 0.720. The van der Waals surface area contributed by atoms with E-state index in [0.717, 1.165) is 64.5 Å². The molecule has 3 fully saturated rings. The maximum atomic E-state index is 13.7. The number of rotatable bonds is 3. The molecule has 5 rings (SSSR count). The van der Waals surface area contributed by atoms with Gasteiger partial charge in [0.05, 0.1) is 18.4 Å². The molecule has 2 saturated heterocycles. The fourth-order valence-electron chi connectivity index (χ4n) is 6.56. The monoisotopic (exact) mass is 472 g/mol. The molecule has 0 aromatic carbocycles. The number of hydrogen-bond donors (Lipinski definition) is 3. The molecule has 0 bridgehead atoms. The summed E-state index contributed by atoms with van der Waals surface area (Å²) in [5.41, 5.74) is 6.49. The van der Waals surface area contributed by atoms with Gasteiger partial charge in [0.2, 0.25) is 0 Å². The molecule has 0 radical (unpaired) electrons. The van der Waals surface area contributed by atoms with Crippen LogP contribution >= 0.6 is 0 Å². The van der Waals surface area contributed by atoms with E-state index in [9.17, 15) is 9.18 Å². The highest BCUT2D eigenvalue weighted by atomic mass is 19.1. The molecule has 3 aliphatic rings. The van der Waals surface area contributed by atoms with Crippen molar-refractivity contribution in [3.8, 4) is 0 Å². The van der Waals surface area contributed by atoms with Crippen molar-refractivity contribution in [2.24, 2.45) is 11.8 Å². The number of ether oxygens (including phenoxy) is 1. The van der Waals surface area contributed by atoms with Gasteiger partial charge >= 0.3 is 0 Å². The van der Waals surface area contributed by atoms with Crippen LogP contribution in [0.3, 0.4) is 0 Å². The Morgan fingerprint density at radius 3 is 2.62 bits per heavy atom. The lowest BCUT2D eigenvalue weighted by Crippen LogP contribution is -2.68. The zero-order chi connectivity index (χ0) is 23.5. The highest BCUT2D eigenvalue weighted by molar-refractivity contribution is 6.04. The Hall–Kier alpha value is -2.26. The van der Waals surface area contributed by atoms with Crippen LogP contribution in [-0.2, 0) is 4.74 Å². The Kier molecular flexibility index (Phi) is 7.01. The summed E-state index contributed by atoms with van der Waals surface area (Å²) in [7, 11) is 0. The second-order valence-corrected chi connectivity index (χ2v) is 10.4. The van der Waals surface area contributed by atoms with E-state index in [2.05, 4.69) is 20.7 Å². The lowest BCUT2D eigenvalue weighted by Gasteiger charge is -2.51. The lowest BCUT2D eigenvalue weighted by atomic mass is 9.67. The number of nitrogens with one attached hydrogen (secondary N) is 2. The highest BCUT2D eigenvalue weighted by Gasteiger charge is 2.48. The third kappa shape index (κ3) is 4.64. The molecule has 1 saturated carbocycles. The van der Waals surface area contributed by atoms with Gasteiger partial charge in [-0.1, -0.05) is 44.9 Å². The number of hydrogen-bond acceptors (Lipinski definition) is 6. The first-order chi connectivity index (χ1) is 16.6. The zero-order valence-corrected chi connectivity index (χ0v) is 19.9. The molecule has 4 N–H and O–H groups in total. The van der Waals surface area contributed by atoms with Gasteiger partial charge in [0, 0.05) is 18.8 Å². The van der Waals surface area contributed by atoms with E-state index in [4.69, 9.17) is 10.5 Å². The molecular weight excluding hydrogens is 435 g/mol. The number of piperidine rings is 1. The molecule has 2 aliphatic heterocycles. The molecular formula is C25H37FN6O2. The van der Waals surface area contributed by atoms with Crippen molar-refractivity contribution in [2.45, 2.75) is 82.2 Å². The van der Waals surface area contributed by atoms with Gasteiger partial charge in [0.1, 0.15) is 5.56 Å². The molecule has 9 heteroatoms. The Labute approximate surface area is 200 Å². The molecule has 34 heavy (non-hydrogen) atoms. The summed E-state index contributed by atoms with van der Waals surface area (Å²) in [6.07, 6.45) is 15.1. The second-order valence-electron chi connectivity index (χ2n) is 10.4. The molecule has 3 atom stereocenters. The van der Waals surface area contributed by atoms with Gasteiger partial charge in [-0.25, -0.2) is 13.9 Å². The van der Waals surface area contributed by atoms with Crippen LogP contribution in [0.5, 0.6) is 0 Å². The number of anilines is 1. The molecule has 4 heterocycles. The molecule has 2 aromatic heterocycles. The van der Waals surface area contributed by atoms with E-state index in [-0.39, 0.29) is 34.5 Å². The number of carbonyl (C=O) groups excluding carboxylic acids is 1. The molecule has 2 aromatic rings. The topological polar surface area (TPSA) is 107 Å². The van der Waals surface area contributed by atoms with Crippen LogP contribution in [0.25, 0.3) is 5.65 Å². The first kappa shape index (κ1) is 23.5. The van der Waals surface area contributed by atoms with Gasteiger partial charge < -0.3 is 21.1 Å². The van der Waals surface area contributed by atoms with E-state index >= 15 is 0 Å². The first-order valence-electron chi connectivity index (χ1n) is 13.0. The Morgan fingerprint density at radius 2 is 1.91 bits per heavy atom. The van der Waals surface area contributed by atoms with Crippen molar-refractivity contribution in [3.05, 3.63) is 23.8 Å². The number of halogens is 1. The van der Waals surface area contributed by atoms with Crippen molar-refractivity contribution in [1.82, 2.24) is 25.2 Å². The predicted molar refractivity (Wildman–Crippen MR) is 128 cm³/mol. The number of aromatic nitrogens is 3. The average molecular weight is 473 g/mol. The maximum Gasteiger partial charge on any atom is 0.259 e. The van der Waals surface area contributed by atoms with Crippen molar-refractivity contribution in [3.63, 3.8) is 0 Å². The third-order valence-electron chi connectivity index (χ3n) is 8.28. The smallest absolute Gasteiger partial charge is 0.259 e. The van der Waals surface area contributed by atoms with Crippen LogP contribution in [0.1, 0.15) is 81.0 Å². The predicted octanol–water partition coefficient (Wildman–Crippen LogP) is 3.46. The van der Waals surface area contributed by atoms with Crippen molar-refractivity contribution >= 4 is 17.4 Å². The summed E-state index contributed by atoms with van der Waals surface area (Å²) in [6, 6.07) is -0.0327. The molecule has 1 spiro atoms. The van der Waals surface area contributed by atoms with Crippen LogP contribution in [0.15, 0.2) is 12.4 Å². The van der Waals surface area contributed by atoms with Crippen LogP contribution in [0.4, 0.5) is 10.2 Å². The summed E-state index contributed by atoms with van der Waals surface area (Å²) < 4.78 is 20.7. The van der Waals surface area contributed by atoms with Crippen molar-refractivity contribution in [2.75, 3.05) is 25.5 Å². The van der Waals surface area contributed by atoms with Crippen molar-refractivity contribution in [1.29, 1.82) is 0 Å². The summed E-state index contributed by atoms with van der Waals surface area (Å²) in [4.78, 5) is 17.8. The minimum atomic E-state index is -0.528. The number of nitrogens with zero attached hydrogens (tertiary/aromatic N) is 3. The average Bonchev–Trinajstić information content (AvgIpc) is 3.46. The highest BCUT2D eigenvalue weighted by Crippen LogP contribution is 2.40. The second kappa shape index (κ2) is 10.2. The Balaban J connectivity index is 1.48. The van der Waals surface area contributed by atoms with E-state index in [1.165, 1.54) is 42.8 Å².